The summed E-state index contributed by atoms with van der Waals surface area (Å²) in [6.45, 7) is 5.25. The van der Waals surface area contributed by atoms with E-state index in [0.717, 1.165) is 19.3 Å². The summed E-state index contributed by atoms with van der Waals surface area (Å²) >= 11 is 0. The van der Waals surface area contributed by atoms with Crippen molar-refractivity contribution in [3.05, 3.63) is 24.3 Å². The molecule has 1 atom stereocenters. The molecule has 132 valence electrons. The van der Waals surface area contributed by atoms with Gasteiger partial charge in [-0.1, -0.05) is 13.8 Å². The van der Waals surface area contributed by atoms with Crippen LogP contribution in [0.25, 0.3) is 0 Å². The number of rotatable bonds is 9. The zero-order valence-corrected chi connectivity index (χ0v) is 15.3. The third-order valence-electron chi connectivity index (χ3n) is 3.85. The summed E-state index contributed by atoms with van der Waals surface area (Å²) in [4.78, 5) is 0.253. The van der Waals surface area contributed by atoms with Gasteiger partial charge in [0.2, 0.25) is 10.0 Å². The fourth-order valence-corrected chi connectivity index (χ4v) is 3.55. The minimum atomic E-state index is -3.51. The van der Waals surface area contributed by atoms with Gasteiger partial charge in [0.25, 0.3) is 0 Å². The molecule has 0 saturated heterocycles. The van der Waals surface area contributed by atoms with Gasteiger partial charge in [-0.2, -0.15) is 0 Å². The number of nitrogens with one attached hydrogen (secondary N) is 1. The minimum Gasteiger partial charge on any atom is -0.494 e. The van der Waals surface area contributed by atoms with E-state index in [1.165, 1.54) is 0 Å². The van der Waals surface area contributed by atoms with Crippen molar-refractivity contribution in [3.8, 4) is 5.75 Å². The highest BCUT2D eigenvalue weighted by Gasteiger charge is 2.33. The highest BCUT2D eigenvalue weighted by molar-refractivity contribution is 7.89. The van der Waals surface area contributed by atoms with E-state index >= 15 is 0 Å². The number of hydrogen-bond donors (Lipinski definition) is 2. The Morgan fingerprint density at radius 2 is 1.87 bits per heavy atom. The standard InChI is InChI=1S/C16H26N2O3S.ClH/c1-12(2)9-10-21-14-5-7-15(8-6-14)22(19,20)18-16(11-17)13-3-4-13;/h5-8,12-13,16,18H,3-4,9-11,17H2,1-2H3;1H. The van der Waals surface area contributed by atoms with Crippen LogP contribution in [0.3, 0.4) is 0 Å². The van der Waals surface area contributed by atoms with Gasteiger partial charge in [-0.3, -0.25) is 0 Å². The summed E-state index contributed by atoms with van der Waals surface area (Å²) in [5.74, 6) is 1.66. The number of halogens is 1. The van der Waals surface area contributed by atoms with Crippen LogP contribution in [0.2, 0.25) is 0 Å². The quantitative estimate of drug-likeness (QED) is 0.707. The Morgan fingerprint density at radius 1 is 1.26 bits per heavy atom. The molecule has 1 aromatic carbocycles. The average Bonchev–Trinajstić information content (AvgIpc) is 3.29. The normalized spacial score (nSPS) is 16.0. The molecule has 0 spiro atoms. The van der Waals surface area contributed by atoms with Crippen LogP contribution < -0.4 is 15.2 Å². The topological polar surface area (TPSA) is 81.4 Å². The molecule has 3 N–H and O–H groups in total. The lowest BCUT2D eigenvalue weighted by Crippen LogP contribution is -2.41. The maximum atomic E-state index is 12.3. The number of benzene rings is 1. The summed E-state index contributed by atoms with van der Waals surface area (Å²) in [5.41, 5.74) is 5.66. The first-order chi connectivity index (χ1) is 10.4. The summed E-state index contributed by atoms with van der Waals surface area (Å²) in [5, 5.41) is 0. The first-order valence-corrected chi connectivity index (χ1v) is 9.36. The van der Waals surface area contributed by atoms with Crippen LogP contribution in [0.15, 0.2) is 29.2 Å². The third kappa shape index (κ3) is 6.30. The Kier molecular flexibility index (Phi) is 7.80. The molecule has 1 aliphatic rings. The largest absolute Gasteiger partial charge is 0.494 e. The van der Waals surface area contributed by atoms with Crippen LogP contribution in [-0.4, -0.2) is 27.6 Å². The first-order valence-electron chi connectivity index (χ1n) is 7.87. The maximum absolute atomic E-state index is 12.3. The SMILES string of the molecule is CC(C)CCOc1ccc(S(=O)(=O)NC(CN)C2CC2)cc1.Cl. The van der Waals surface area contributed by atoms with Crippen molar-refractivity contribution < 1.29 is 13.2 Å². The second-order valence-corrected chi connectivity index (χ2v) is 8.02. The molecular weight excluding hydrogens is 336 g/mol. The van der Waals surface area contributed by atoms with E-state index in [0.29, 0.717) is 30.7 Å². The zero-order chi connectivity index (χ0) is 16.2. The smallest absolute Gasteiger partial charge is 0.240 e. The minimum absolute atomic E-state index is 0. The van der Waals surface area contributed by atoms with Crippen molar-refractivity contribution in [2.45, 2.75) is 44.0 Å². The molecule has 1 fully saturated rings. The van der Waals surface area contributed by atoms with E-state index in [4.69, 9.17) is 10.5 Å². The molecule has 1 aromatic rings. The Morgan fingerprint density at radius 3 is 2.35 bits per heavy atom. The number of ether oxygens (including phenoxy) is 1. The van der Waals surface area contributed by atoms with Crippen molar-refractivity contribution in [2.75, 3.05) is 13.2 Å². The van der Waals surface area contributed by atoms with E-state index in [2.05, 4.69) is 18.6 Å². The van der Waals surface area contributed by atoms with E-state index < -0.39 is 10.0 Å². The second-order valence-electron chi connectivity index (χ2n) is 6.30. The first kappa shape index (κ1) is 20.2. The molecule has 0 aromatic heterocycles. The molecule has 1 aliphatic carbocycles. The molecule has 0 amide bonds. The predicted molar refractivity (Wildman–Crippen MR) is 94.5 cm³/mol. The van der Waals surface area contributed by atoms with Crippen molar-refractivity contribution in [1.29, 1.82) is 0 Å². The second kappa shape index (κ2) is 8.87. The lowest BCUT2D eigenvalue weighted by Gasteiger charge is -2.16. The lowest BCUT2D eigenvalue weighted by atomic mass is 10.1. The third-order valence-corrected chi connectivity index (χ3v) is 5.36. The van der Waals surface area contributed by atoms with Crippen LogP contribution in [0.4, 0.5) is 0 Å². The fourth-order valence-electron chi connectivity index (χ4n) is 2.23. The Balaban J connectivity index is 0.00000264. The molecule has 7 heteroatoms. The average molecular weight is 363 g/mol. The van der Waals surface area contributed by atoms with Crippen molar-refractivity contribution in [3.63, 3.8) is 0 Å². The summed E-state index contributed by atoms with van der Waals surface area (Å²) in [7, 11) is -3.51. The predicted octanol–water partition coefficient (Wildman–Crippen LogP) is 2.55. The molecule has 5 nitrogen and oxygen atoms in total. The van der Waals surface area contributed by atoms with Crippen LogP contribution in [-0.2, 0) is 10.0 Å². The number of sulfonamides is 1. The van der Waals surface area contributed by atoms with Crippen molar-refractivity contribution in [2.24, 2.45) is 17.6 Å². The molecule has 2 rings (SSSR count). The van der Waals surface area contributed by atoms with Gasteiger partial charge in [0.1, 0.15) is 5.75 Å². The van der Waals surface area contributed by atoms with Gasteiger partial charge in [-0.25, -0.2) is 13.1 Å². The Labute approximate surface area is 145 Å². The van der Waals surface area contributed by atoms with Gasteiger partial charge >= 0.3 is 0 Å². The lowest BCUT2D eigenvalue weighted by molar-refractivity contribution is 0.289. The van der Waals surface area contributed by atoms with Crippen LogP contribution in [0.5, 0.6) is 5.75 Å². The monoisotopic (exact) mass is 362 g/mol. The summed E-state index contributed by atoms with van der Waals surface area (Å²) in [6, 6.07) is 6.39. The maximum Gasteiger partial charge on any atom is 0.240 e. The molecule has 1 saturated carbocycles. The zero-order valence-electron chi connectivity index (χ0n) is 13.7. The van der Waals surface area contributed by atoms with Crippen LogP contribution >= 0.6 is 12.4 Å². The number of hydrogen-bond acceptors (Lipinski definition) is 4. The van der Waals surface area contributed by atoms with E-state index in [1.807, 2.05) is 0 Å². The molecule has 0 heterocycles. The summed E-state index contributed by atoms with van der Waals surface area (Å²) in [6.07, 6.45) is 3.07. The van der Waals surface area contributed by atoms with Crippen LogP contribution in [0, 0.1) is 11.8 Å². The van der Waals surface area contributed by atoms with E-state index in [9.17, 15) is 8.42 Å². The Bertz CT molecular complexity index is 571. The van der Waals surface area contributed by atoms with Gasteiger partial charge in [-0.05, 0) is 55.4 Å². The molecule has 1 unspecified atom stereocenters. The highest BCUT2D eigenvalue weighted by atomic mass is 35.5. The molecule has 0 bridgehead atoms. The number of nitrogens with two attached hydrogens (primary N) is 1. The van der Waals surface area contributed by atoms with E-state index in [1.54, 1.807) is 24.3 Å². The van der Waals surface area contributed by atoms with Crippen molar-refractivity contribution in [1.82, 2.24) is 4.72 Å². The summed E-state index contributed by atoms with van der Waals surface area (Å²) < 4.78 is 33.0. The van der Waals surface area contributed by atoms with Gasteiger partial charge in [0.05, 0.1) is 11.5 Å². The molecule has 0 radical (unpaired) electrons. The molecule has 23 heavy (non-hydrogen) atoms. The Hall–Kier alpha value is -0.820. The van der Waals surface area contributed by atoms with Gasteiger partial charge < -0.3 is 10.5 Å². The molecule has 0 aliphatic heterocycles. The fraction of sp³-hybridized carbons (Fsp3) is 0.625. The molecular formula is C16H27ClN2O3S. The van der Waals surface area contributed by atoms with Gasteiger partial charge in [-0.15, -0.1) is 12.4 Å². The van der Waals surface area contributed by atoms with Crippen molar-refractivity contribution >= 4 is 22.4 Å². The van der Waals surface area contributed by atoms with E-state index in [-0.39, 0.29) is 23.3 Å². The van der Waals surface area contributed by atoms with Crippen LogP contribution in [0.1, 0.15) is 33.1 Å². The van der Waals surface area contributed by atoms with Gasteiger partial charge in [0.15, 0.2) is 0 Å². The van der Waals surface area contributed by atoms with Gasteiger partial charge in [0, 0.05) is 12.6 Å². The highest BCUT2D eigenvalue weighted by Crippen LogP contribution is 2.33.